The highest BCUT2D eigenvalue weighted by Crippen LogP contribution is 2.34. The zero-order valence-electron chi connectivity index (χ0n) is 14.4. The second-order valence-electron chi connectivity index (χ2n) is 5.82. The first-order chi connectivity index (χ1) is 13.3. The van der Waals surface area contributed by atoms with E-state index >= 15 is 0 Å². The number of aryl methyl sites for hydroxylation is 1. The Kier molecular flexibility index (Phi) is 5.14. The van der Waals surface area contributed by atoms with Crippen LogP contribution in [-0.4, -0.2) is 16.8 Å². The third-order valence-corrected chi connectivity index (χ3v) is 4.20. The molecule has 28 heavy (non-hydrogen) atoms. The first-order valence-electron chi connectivity index (χ1n) is 7.94. The largest absolute Gasteiger partial charge is 0.545 e. The fourth-order valence-corrected chi connectivity index (χ4v) is 2.76. The van der Waals surface area contributed by atoms with Crippen LogP contribution in [-0.2, 0) is 0 Å². The van der Waals surface area contributed by atoms with Gasteiger partial charge in [-0.1, -0.05) is 23.7 Å². The molecule has 0 atom stereocenters. The number of nitrogens with one attached hydrogen (secondary N) is 1. The molecule has 0 radical (unpaired) electrons. The lowest BCUT2D eigenvalue weighted by Gasteiger charge is -2.06. The molecule has 0 fully saturated rings. The second-order valence-corrected chi connectivity index (χ2v) is 6.25. The number of nitro benzene ring substituents is 1. The number of nitro groups is 1. The number of furan rings is 1. The van der Waals surface area contributed by atoms with Crippen molar-refractivity contribution < 1.29 is 24.0 Å². The molecule has 0 aliphatic heterocycles. The molecule has 0 spiro atoms. The SMILES string of the molecule is Cc1oc(-c2ccc(Cl)cc2[N+](=O)[O-])cc1C(=O)Nc1ccc(C(=O)[O-])cc1. The van der Waals surface area contributed by atoms with Crippen LogP contribution in [0.15, 0.2) is 52.9 Å². The third kappa shape index (κ3) is 3.86. The summed E-state index contributed by atoms with van der Waals surface area (Å²) in [5.74, 6) is -1.41. The molecule has 8 nitrogen and oxygen atoms in total. The van der Waals surface area contributed by atoms with Crippen molar-refractivity contribution in [3.63, 3.8) is 0 Å². The quantitative estimate of drug-likeness (QED) is 0.517. The fourth-order valence-electron chi connectivity index (χ4n) is 2.59. The zero-order chi connectivity index (χ0) is 20.4. The smallest absolute Gasteiger partial charge is 0.281 e. The van der Waals surface area contributed by atoms with E-state index in [2.05, 4.69) is 5.32 Å². The van der Waals surface area contributed by atoms with Crippen LogP contribution in [0.1, 0.15) is 26.5 Å². The van der Waals surface area contributed by atoms with Gasteiger partial charge in [0.15, 0.2) is 0 Å². The van der Waals surface area contributed by atoms with Crippen molar-refractivity contribution >= 4 is 34.9 Å². The van der Waals surface area contributed by atoms with E-state index in [1.165, 1.54) is 48.5 Å². The summed E-state index contributed by atoms with van der Waals surface area (Å²) in [6.07, 6.45) is 0. The van der Waals surface area contributed by atoms with Crippen LogP contribution in [0.3, 0.4) is 0 Å². The number of carboxylic acid groups (broad SMARTS) is 1. The van der Waals surface area contributed by atoms with Gasteiger partial charge in [0.2, 0.25) is 0 Å². The molecule has 3 rings (SSSR count). The number of benzene rings is 2. The maximum absolute atomic E-state index is 12.5. The molecule has 0 aliphatic rings. The predicted molar refractivity (Wildman–Crippen MR) is 99.3 cm³/mol. The maximum atomic E-state index is 12.5. The number of halogens is 1. The van der Waals surface area contributed by atoms with E-state index in [0.717, 1.165) is 0 Å². The summed E-state index contributed by atoms with van der Waals surface area (Å²) < 4.78 is 5.55. The lowest BCUT2D eigenvalue weighted by molar-refractivity contribution is -0.384. The van der Waals surface area contributed by atoms with Gasteiger partial charge < -0.3 is 19.6 Å². The normalized spacial score (nSPS) is 10.5. The van der Waals surface area contributed by atoms with E-state index in [4.69, 9.17) is 16.0 Å². The molecule has 0 aliphatic carbocycles. The molecule has 0 saturated heterocycles. The highest BCUT2D eigenvalue weighted by Gasteiger charge is 2.22. The molecule has 0 unspecified atom stereocenters. The van der Waals surface area contributed by atoms with Crippen molar-refractivity contribution in [1.29, 1.82) is 0 Å². The highest BCUT2D eigenvalue weighted by atomic mass is 35.5. The van der Waals surface area contributed by atoms with Crippen LogP contribution in [0.2, 0.25) is 5.02 Å². The van der Waals surface area contributed by atoms with Crippen molar-refractivity contribution in [2.75, 3.05) is 5.32 Å². The van der Waals surface area contributed by atoms with Crippen molar-refractivity contribution in [1.82, 2.24) is 0 Å². The average molecular weight is 400 g/mol. The number of hydrogen-bond donors (Lipinski definition) is 1. The summed E-state index contributed by atoms with van der Waals surface area (Å²) in [5, 5.41) is 24.9. The summed E-state index contributed by atoms with van der Waals surface area (Å²) in [7, 11) is 0. The molecule has 142 valence electrons. The summed E-state index contributed by atoms with van der Waals surface area (Å²) in [4.78, 5) is 34.0. The Balaban J connectivity index is 1.89. The van der Waals surface area contributed by atoms with Crippen molar-refractivity contribution in [3.05, 3.63) is 80.6 Å². The summed E-state index contributed by atoms with van der Waals surface area (Å²) >= 11 is 5.82. The standard InChI is InChI=1S/C19H13ClN2O6/c1-10-15(18(23)21-13-5-2-11(3-6-13)19(24)25)9-17(28-10)14-7-4-12(20)8-16(14)22(26)27/h2-9H,1H3,(H,21,23)(H,24,25)/p-1. The van der Waals surface area contributed by atoms with Crippen LogP contribution in [0, 0.1) is 17.0 Å². The number of carboxylic acids is 1. The van der Waals surface area contributed by atoms with E-state index in [9.17, 15) is 24.8 Å². The number of amides is 1. The van der Waals surface area contributed by atoms with Gasteiger partial charge in [-0.2, -0.15) is 0 Å². The molecule has 2 aromatic carbocycles. The molecular formula is C19H12ClN2O6-. The fraction of sp³-hybridized carbons (Fsp3) is 0.0526. The van der Waals surface area contributed by atoms with E-state index in [0.29, 0.717) is 5.69 Å². The Morgan fingerprint density at radius 2 is 1.79 bits per heavy atom. The lowest BCUT2D eigenvalue weighted by atomic mass is 10.1. The first kappa shape index (κ1) is 19.1. The van der Waals surface area contributed by atoms with E-state index in [1.54, 1.807) is 6.92 Å². The number of anilines is 1. The summed E-state index contributed by atoms with van der Waals surface area (Å²) in [6.45, 7) is 1.55. The van der Waals surface area contributed by atoms with Crippen molar-refractivity contribution in [3.8, 4) is 11.3 Å². The van der Waals surface area contributed by atoms with Gasteiger partial charge in [0.25, 0.3) is 11.6 Å². The number of nitrogens with zero attached hydrogens (tertiary/aromatic N) is 1. The van der Waals surface area contributed by atoms with E-state index in [-0.39, 0.29) is 38.9 Å². The van der Waals surface area contributed by atoms with Crippen LogP contribution in [0.5, 0.6) is 0 Å². The number of aromatic carboxylic acids is 1. The predicted octanol–water partition coefficient (Wildman–Crippen LogP) is 3.43. The van der Waals surface area contributed by atoms with Gasteiger partial charge in [0.05, 0.1) is 22.0 Å². The lowest BCUT2D eigenvalue weighted by Crippen LogP contribution is -2.22. The summed E-state index contributed by atoms with van der Waals surface area (Å²) in [5.41, 5.74) is 0.480. The molecule has 0 bridgehead atoms. The van der Waals surface area contributed by atoms with Gasteiger partial charge >= 0.3 is 0 Å². The minimum absolute atomic E-state index is 0.0187. The molecule has 1 aromatic heterocycles. The van der Waals surface area contributed by atoms with E-state index < -0.39 is 16.8 Å². The van der Waals surface area contributed by atoms with Crippen LogP contribution < -0.4 is 10.4 Å². The Bertz CT molecular complexity index is 1090. The Morgan fingerprint density at radius 3 is 2.39 bits per heavy atom. The molecule has 9 heteroatoms. The van der Waals surface area contributed by atoms with Crippen molar-refractivity contribution in [2.24, 2.45) is 0 Å². The van der Waals surface area contributed by atoms with Crippen LogP contribution >= 0.6 is 11.6 Å². The average Bonchev–Trinajstić information content (AvgIpc) is 3.03. The van der Waals surface area contributed by atoms with Crippen LogP contribution in [0.25, 0.3) is 11.3 Å². The minimum Gasteiger partial charge on any atom is -0.545 e. The first-order valence-corrected chi connectivity index (χ1v) is 8.31. The number of carbonyl (C=O) groups excluding carboxylic acids is 2. The molecule has 1 heterocycles. The van der Waals surface area contributed by atoms with Crippen molar-refractivity contribution in [2.45, 2.75) is 6.92 Å². The molecular weight excluding hydrogens is 388 g/mol. The molecule has 1 amide bonds. The molecule has 0 saturated carbocycles. The van der Waals surface area contributed by atoms with Gasteiger partial charge in [-0.15, -0.1) is 0 Å². The Morgan fingerprint density at radius 1 is 1.11 bits per heavy atom. The van der Waals surface area contributed by atoms with Gasteiger partial charge in [0, 0.05) is 16.8 Å². The van der Waals surface area contributed by atoms with Gasteiger partial charge in [-0.05, 0) is 42.8 Å². The highest BCUT2D eigenvalue weighted by molar-refractivity contribution is 6.31. The van der Waals surface area contributed by atoms with Gasteiger partial charge in [0.1, 0.15) is 11.5 Å². The number of carbonyl (C=O) groups is 2. The zero-order valence-corrected chi connectivity index (χ0v) is 15.1. The summed E-state index contributed by atoms with van der Waals surface area (Å²) in [6, 6.07) is 11.0. The molecule has 1 N–H and O–H groups in total. The maximum Gasteiger partial charge on any atom is 0.281 e. The van der Waals surface area contributed by atoms with E-state index in [1.807, 2.05) is 0 Å². The van der Waals surface area contributed by atoms with Crippen LogP contribution in [0.4, 0.5) is 11.4 Å². The van der Waals surface area contributed by atoms with Gasteiger partial charge in [-0.3, -0.25) is 14.9 Å². The Hall–Kier alpha value is -3.65. The second kappa shape index (κ2) is 7.53. The molecule has 3 aromatic rings. The monoisotopic (exact) mass is 399 g/mol. The topological polar surface area (TPSA) is 126 Å². The Labute approximate surface area is 163 Å². The number of rotatable bonds is 5. The minimum atomic E-state index is -1.32. The third-order valence-electron chi connectivity index (χ3n) is 3.96. The number of hydrogen-bond acceptors (Lipinski definition) is 6. The van der Waals surface area contributed by atoms with Gasteiger partial charge in [-0.25, -0.2) is 0 Å².